The Labute approximate surface area is 122 Å². The molecule has 19 heavy (non-hydrogen) atoms. The minimum absolute atomic E-state index is 0.131. The lowest BCUT2D eigenvalue weighted by Crippen LogP contribution is -2.45. The highest BCUT2D eigenvalue weighted by Gasteiger charge is 2.25. The number of aryl methyl sites for hydroxylation is 1. The van der Waals surface area contributed by atoms with Crippen molar-refractivity contribution >= 4 is 21.7 Å². The average Bonchev–Trinajstić information content (AvgIpc) is 2.41. The lowest BCUT2D eigenvalue weighted by atomic mass is 10.0. The van der Waals surface area contributed by atoms with Crippen LogP contribution in [0.1, 0.15) is 34.6 Å². The lowest BCUT2D eigenvalue weighted by Gasteiger charge is -2.10. The van der Waals surface area contributed by atoms with Crippen LogP contribution >= 0.6 is 15.9 Å². The van der Waals surface area contributed by atoms with Gasteiger partial charge in [-0.2, -0.15) is 4.57 Å². The molecule has 1 aromatic heterocycles. The fourth-order valence-electron chi connectivity index (χ4n) is 2.12. The van der Waals surface area contributed by atoms with Gasteiger partial charge in [-0.05, 0) is 25.1 Å². The van der Waals surface area contributed by atoms with Crippen molar-refractivity contribution in [2.45, 2.75) is 26.8 Å². The van der Waals surface area contributed by atoms with Crippen LogP contribution in [0.3, 0.4) is 0 Å². The minimum atomic E-state index is -0.193. The minimum Gasteiger partial charge on any atom is -0.287 e. The molecule has 0 bridgehead atoms. The standard InChI is InChI=1S/C16H17BrNO/c1-11-5-4-10-18(12(11)2)13(3)16(19)14-6-8-15(17)9-7-14/h4-10,13H,1-3H3/q+1/t13-/m0/s1. The molecule has 0 saturated carbocycles. The topological polar surface area (TPSA) is 20.9 Å². The van der Waals surface area contributed by atoms with Crippen LogP contribution in [-0.2, 0) is 0 Å². The van der Waals surface area contributed by atoms with Crippen LogP contribution in [0.2, 0.25) is 0 Å². The van der Waals surface area contributed by atoms with Gasteiger partial charge in [0.2, 0.25) is 11.8 Å². The second-order valence-corrected chi connectivity index (χ2v) is 5.65. The predicted molar refractivity (Wildman–Crippen MR) is 79.3 cm³/mol. The summed E-state index contributed by atoms with van der Waals surface area (Å²) >= 11 is 3.38. The number of aromatic nitrogens is 1. The Bertz CT molecular complexity index is 605. The van der Waals surface area contributed by atoms with Crippen LogP contribution in [0.5, 0.6) is 0 Å². The first kappa shape index (κ1) is 13.9. The highest BCUT2D eigenvalue weighted by atomic mass is 79.9. The molecule has 98 valence electrons. The summed E-state index contributed by atoms with van der Waals surface area (Å²) in [6, 6.07) is 11.3. The second kappa shape index (κ2) is 5.66. The van der Waals surface area contributed by atoms with E-state index < -0.39 is 0 Å². The van der Waals surface area contributed by atoms with E-state index in [-0.39, 0.29) is 11.8 Å². The first-order chi connectivity index (χ1) is 9.00. The summed E-state index contributed by atoms with van der Waals surface area (Å²) in [7, 11) is 0. The maximum Gasteiger partial charge on any atom is 0.230 e. The maximum absolute atomic E-state index is 12.5. The molecule has 3 heteroatoms. The molecule has 0 aliphatic heterocycles. The van der Waals surface area contributed by atoms with E-state index in [1.54, 1.807) is 0 Å². The van der Waals surface area contributed by atoms with Crippen molar-refractivity contribution in [3.8, 4) is 0 Å². The highest BCUT2D eigenvalue weighted by molar-refractivity contribution is 9.10. The summed E-state index contributed by atoms with van der Waals surface area (Å²) in [5.74, 6) is 0.131. The fourth-order valence-corrected chi connectivity index (χ4v) is 2.38. The lowest BCUT2D eigenvalue weighted by molar-refractivity contribution is -0.710. The zero-order valence-electron chi connectivity index (χ0n) is 11.4. The molecule has 0 saturated heterocycles. The molecule has 0 N–H and O–H groups in total. The van der Waals surface area contributed by atoms with Gasteiger partial charge >= 0.3 is 0 Å². The van der Waals surface area contributed by atoms with Crippen molar-refractivity contribution in [1.29, 1.82) is 0 Å². The molecule has 2 nitrogen and oxygen atoms in total. The molecular weight excluding hydrogens is 302 g/mol. The highest BCUT2D eigenvalue weighted by Crippen LogP contribution is 2.15. The van der Waals surface area contributed by atoms with E-state index in [1.807, 2.05) is 54.9 Å². The number of Topliss-reactive ketones (excluding diaryl/α,β-unsaturated/α-hetero) is 1. The number of carbonyl (C=O) groups is 1. The van der Waals surface area contributed by atoms with Gasteiger partial charge in [0.1, 0.15) is 0 Å². The van der Waals surface area contributed by atoms with Crippen molar-refractivity contribution in [1.82, 2.24) is 0 Å². The number of rotatable bonds is 3. The van der Waals surface area contributed by atoms with E-state index in [9.17, 15) is 4.79 Å². The molecule has 0 fully saturated rings. The Morgan fingerprint density at radius 3 is 2.42 bits per heavy atom. The van der Waals surface area contributed by atoms with E-state index >= 15 is 0 Å². The van der Waals surface area contributed by atoms with Gasteiger partial charge in [-0.1, -0.05) is 28.1 Å². The van der Waals surface area contributed by atoms with Crippen molar-refractivity contribution in [2.24, 2.45) is 0 Å². The smallest absolute Gasteiger partial charge is 0.230 e. The van der Waals surface area contributed by atoms with Crippen LogP contribution in [0.4, 0.5) is 0 Å². The van der Waals surface area contributed by atoms with E-state index in [1.165, 1.54) is 5.56 Å². The number of halogens is 1. The number of hydrogen-bond acceptors (Lipinski definition) is 1. The Kier molecular flexibility index (Phi) is 4.15. The van der Waals surface area contributed by atoms with E-state index in [0.717, 1.165) is 15.7 Å². The Hall–Kier alpha value is -1.48. The van der Waals surface area contributed by atoms with Crippen LogP contribution < -0.4 is 4.57 Å². The fraction of sp³-hybridized carbons (Fsp3) is 0.250. The zero-order valence-corrected chi connectivity index (χ0v) is 12.9. The molecule has 1 aromatic carbocycles. The Morgan fingerprint density at radius 1 is 1.16 bits per heavy atom. The summed E-state index contributed by atoms with van der Waals surface area (Å²) < 4.78 is 3.01. The van der Waals surface area contributed by atoms with Crippen LogP contribution in [-0.4, -0.2) is 5.78 Å². The van der Waals surface area contributed by atoms with Crippen molar-refractivity contribution in [3.05, 3.63) is 63.9 Å². The monoisotopic (exact) mass is 318 g/mol. The summed E-state index contributed by atoms with van der Waals surface area (Å²) in [5.41, 5.74) is 3.06. The SMILES string of the molecule is Cc1ccc[n+]([C@@H](C)C(=O)c2ccc(Br)cc2)c1C. The third kappa shape index (κ3) is 2.92. The van der Waals surface area contributed by atoms with Gasteiger partial charge in [-0.3, -0.25) is 4.79 Å². The normalized spacial score (nSPS) is 12.2. The van der Waals surface area contributed by atoms with Crippen LogP contribution in [0, 0.1) is 13.8 Å². The Balaban J connectivity index is 2.33. The van der Waals surface area contributed by atoms with E-state index in [2.05, 4.69) is 28.9 Å². The molecule has 0 radical (unpaired) electrons. The van der Waals surface area contributed by atoms with Gasteiger partial charge in [0.25, 0.3) is 0 Å². The van der Waals surface area contributed by atoms with Crippen molar-refractivity contribution in [2.75, 3.05) is 0 Å². The predicted octanol–water partition coefficient (Wildman–Crippen LogP) is 3.80. The second-order valence-electron chi connectivity index (χ2n) is 4.73. The molecule has 0 amide bonds. The number of pyridine rings is 1. The molecule has 2 rings (SSSR count). The first-order valence-electron chi connectivity index (χ1n) is 6.28. The largest absolute Gasteiger partial charge is 0.287 e. The van der Waals surface area contributed by atoms with Crippen LogP contribution in [0.25, 0.3) is 0 Å². The molecule has 0 unspecified atom stereocenters. The summed E-state index contributed by atoms with van der Waals surface area (Å²) in [6.07, 6.45) is 1.96. The van der Waals surface area contributed by atoms with Gasteiger partial charge in [-0.15, -0.1) is 0 Å². The van der Waals surface area contributed by atoms with Gasteiger partial charge < -0.3 is 0 Å². The molecule has 1 atom stereocenters. The summed E-state index contributed by atoms with van der Waals surface area (Å²) in [6.45, 7) is 6.04. The van der Waals surface area contributed by atoms with Gasteiger partial charge in [0, 0.05) is 35.5 Å². The van der Waals surface area contributed by atoms with Gasteiger partial charge in [0.15, 0.2) is 11.9 Å². The number of nitrogens with zero attached hydrogens (tertiary/aromatic N) is 1. The van der Waals surface area contributed by atoms with Crippen LogP contribution in [0.15, 0.2) is 47.1 Å². The molecule has 0 spiro atoms. The average molecular weight is 319 g/mol. The molecule has 0 aliphatic rings. The first-order valence-corrected chi connectivity index (χ1v) is 7.07. The third-order valence-electron chi connectivity index (χ3n) is 3.48. The van der Waals surface area contributed by atoms with Gasteiger partial charge in [-0.25, -0.2) is 0 Å². The van der Waals surface area contributed by atoms with Crippen molar-refractivity contribution < 1.29 is 9.36 Å². The maximum atomic E-state index is 12.5. The van der Waals surface area contributed by atoms with Gasteiger partial charge in [0.05, 0.1) is 0 Å². The number of ketones is 1. The Morgan fingerprint density at radius 2 is 1.79 bits per heavy atom. The zero-order chi connectivity index (χ0) is 14.0. The molecule has 2 aromatic rings. The number of hydrogen-bond donors (Lipinski definition) is 0. The quantitative estimate of drug-likeness (QED) is 0.623. The summed E-state index contributed by atoms with van der Waals surface area (Å²) in [5, 5.41) is 0. The van der Waals surface area contributed by atoms with Crippen molar-refractivity contribution in [3.63, 3.8) is 0 Å². The third-order valence-corrected chi connectivity index (χ3v) is 4.00. The molecule has 1 heterocycles. The number of carbonyl (C=O) groups excluding carboxylic acids is 1. The van der Waals surface area contributed by atoms with E-state index in [0.29, 0.717) is 0 Å². The summed E-state index contributed by atoms with van der Waals surface area (Å²) in [4.78, 5) is 12.5. The number of benzene rings is 1. The molecular formula is C16H17BrNO+. The van der Waals surface area contributed by atoms with E-state index in [4.69, 9.17) is 0 Å². The molecule has 0 aliphatic carbocycles.